The number of amides is 11. The van der Waals surface area contributed by atoms with Crippen molar-refractivity contribution >= 4 is 98.8 Å². The number of H-pyrrole nitrogens is 1. The minimum Gasteiger partial charge on any atom is -0.610 e. The number of methoxy groups -OCH3 is 1. The van der Waals surface area contributed by atoms with Crippen LogP contribution in [0.25, 0.3) is 10.9 Å². The molecule has 13 N–H and O–H groups in total. The van der Waals surface area contributed by atoms with Gasteiger partial charge < -0.3 is 77.4 Å². The number of nitrogens with one attached hydrogen (secondary N) is 8. The number of aromatic amines is 1. The van der Waals surface area contributed by atoms with Crippen LogP contribution in [0.3, 0.4) is 0 Å². The van der Waals surface area contributed by atoms with Crippen LogP contribution in [0.4, 0.5) is 0 Å². The van der Waals surface area contributed by atoms with E-state index in [1.165, 1.54) is 37.9 Å². The molecule has 11 atom stereocenters. The van der Waals surface area contributed by atoms with Crippen molar-refractivity contribution in [3.63, 3.8) is 0 Å². The molecule has 2 unspecified atom stereocenters. The summed E-state index contributed by atoms with van der Waals surface area (Å²) in [6.45, 7) is 2.22. The van der Waals surface area contributed by atoms with Crippen molar-refractivity contribution in [2.45, 2.75) is 138 Å². The summed E-state index contributed by atoms with van der Waals surface area (Å²) >= 11 is -0.922. The zero-order chi connectivity index (χ0) is 61.8. The largest absolute Gasteiger partial charge is 0.610 e. The number of aryl methyl sites for hydroxylation is 1. The number of thioether (sulfide) groups is 1. The number of fused-ring (bicyclic) bond motifs is 5. The SMILES string of the molecule is CC[C@H](C)[C@@H]1NC(=O)CNC(=O)[C@@H]2Cc3c([nH]c4c(CSCCCCn5cc(CN6C(=O)C=CC6=O)nn5)c(OC)ccc34)[S+]([O-])C[C@H](NC(=O)CNC1=O)C(=O)N[C@@H](CCC(N)=O)C(=O)N1C[C@H](O)CC1C(=O)N[C@@H]([C@@H](C)[C@@H](O)CO)C(=O)N2. The van der Waals surface area contributed by atoms with Gasteiger partial charge in [-0.25, -0.2) is 0 Å². The summed E-state index contributed by atoms with van der Waals surface area (Å²) < 4.78 is 22.8. The zero-order valence-corrected chi connectivity index (χ0v) is 48.9. The molecule has 462 valence electrons. The van der Waals surface area contributed by atoms with Gasteiger partial charge in [-0.05, 0) is 43.1 Å². The van der Waals surface area contributed by atoms with Gasteiger partial charge in [0.15, 0.2) is 6.04 Å². The summed E-state index contributed by atoms with van der Waals surface area (Å²) in [5.41, 5.74) is 6.97. The smallest absolute Gasteiger partial charge is 0.253 e. The third kappa shape index (κ3) is 16.2. The van der Waals surface area contributed by atoms with Crippen LogP contribution in [0, 0.1) is 11.8 Å². The number of ether oxygens (including phenoxy) is 1. The molecule has 1 fully saturated rings. The second-order valence-corrected chi connectivity index (χ2v) is 23.8. The first-order valence-electron chi connectivity index (χ1n) is 27.7. The molecule has 4 aliphatic rings. The van der Waals surface area contributed by atoms with Crippen molar-refractivity contribution in [3.05, 3.63) is 47.3 Å². The van der Waals surface area contributed by atoms with E-state index in [0.29, 0.717) is 59.5 Å². The van der Waals surface area contributed by atoms with Crippen LogP contribution in [0.2, 0.25) is 0 Å². The summed E-state index contributed by atoms with van der Waals surface area (Å²) in [4.78, 5) is 156. The Hall–Kier alpha value is -7.65. The van der Waals surface area contributed by atoms with E-state index in [9.17, 15) is 68.1 Å². The molecule has 6 heterocycles. The maximum atomic E-state index is 15.3. The minimum atomic E-state index is -2.43. The minimum absolute atomic E-state index is 0.0261. The van der Waals surface area contributed by atoms with Gasteiger partial charge in [0.05, 0.1) is 57.3 Å². The zero-order valence-electron chi connectivity index (χ0n) is 47.3. The van der Waals surface area contributed by atoms with Crippen LogP contribution in [0.15, 0.2) is 35.5 Å². The second-order valence-electron chi connectivity index (χ2n) is 21.3. The highest BCUT2D eigenvalue weighted by Crippen LogP contribution is 2.37. The van der Waals surface area contributed by atoms with Crippen molar-refractivity contribution in [2.75, 3.05) is 44.9 Å². The fourth-order valence-corrected chi connectivity index (χ4v) is 12.6. The Labute approximate surface area is 494 Å². The Morgan fingerprint density at radius 1 is 0.894 bits per heavy atom. The normalized spacial score (nSPS) is 25.2. The highest BCUT2D eigenvalue weighted by Gasteiger charge is 2.45. The summed E-state index contributed by atoms with van der Waals surface area (Å²) in [5, 5.41) is 58.1. The van der Waals surface area contributed by atoms with Gasteiger partial charge in [0, 0.05) is 83.9 Å². The number of carbonyl (C=O) groups is 11. The lowest BCUT2D eigenvalue weighted by molar-refractivity contribution is -0.143. The fraction of sp³-hybridized carbons (Fsp3) is 0.566. The Bertz CT molecular complexity index is 3050. The average Bonchev–Trinajstić information content (AvgIpc) is 1.84. The molecule has 1 saturated heterocycles. The lowest BCUT2D eigenvalue weighted by Gasteiger charge is -2.33. The standard InChI is InChI=1S/C53H72N14O16S2/c1-5-26(2)44-50(79)56-18-40(72)57-35-25-85(82)52-31(30-8-10-38(83-4)32(46(30)62-52)24-84-15-7-6-14-65-20-28(63-64-65)21-67-42(74)12-13-43(67)75)17-34(47(76)55-19-41(73)60-44)59-51(80)45(27(3)37(70)23-68)61-49(78)36-16-29(69)22-66(36)53(81)33(58-48(35)77)9-11-39(54)71/h8,10,12-13,20,26-27,29,33-37,44-45,62,68-70H,5-7,9,11,14-19,21-25H2,1-4H3,(H2,54,71)(H,55,76)(H,56,79)(H,57,72)(H,58,77)(H,59,80)(H,60,73)(H,61,78)/t26-,27-,29+,33-,34-,35-,36?,37-,44-,45-,85?/m0/s1. The highest BCUT2D eigenvalue weighted by atomic mass is 32.2. The molecular formula is C53H72N14O16S2. The molecule has 0 spiro atoms. The maximum absolute atomic E-state index is 15.3. The predicted molar refractivity (Wildman–Crippen MR) is 302 cm³/mol. The van der Waals surface area contributed by atoms with Gasteiger partial charge in [-0.3, -0.25) is 62.3 Å². The summed E-state index contributed by atoms with van der Waals surface area (Å²) in [6.07, 6.45) is 0.775. The number of rotatable bonds is 18. The molecule has 7 rings (SSSR count). The monoisotopic (exact) mass is 1220 g/mol. The second kappa shape index (κ2) is 29.4. The maximum Gasteiger partial charge on any atom is 0.253 e. The number of primary amides is 1. The van der Waals surface area contributed by atoms with Gasteiger partial charge in [-0.15, -0.1) is 5.10 Å². The molecule has 2 aromatic heterocycles. The van der Waals surface area contributed by atoms with E-state index in [-0.39, 0.29) is 22.9 Å². The number of benzene rings is 1. The number of hydrogen-bond donors (Lipinski definition) is 12. The summed E-state index contributed by atoms with van der Waals surface area (Å²) in [6, 6.07) is -6.63. The third-order valence-electron chi connectivity index (χ3n) is 15.3. The molecule has 4 aliphatic heterocycles. The van der Waals surface area contributed by atoms with Crippen LogP contribution in [0.1, 0.15) is 76.1 Å². The number of hydrogen-bond acceptors (Lipinski definition) is 19. The molecule has 85 heavy (non-hydrogen) atoms. The molecule has 0 radical (unpaired) electrons. The number of unbranched alkanes of at least 4 members (excludes halogenated alkanes) is 1. The molecule has 0 aliphatic carbocycles. The molecule has 32 heteroatoms. The van der Waals surface area contributed by atoms with Crippen LogP contribution >= 0.6 is 11.8 Å². The molecule has 0 saturated carbocycles. The van der Waals surface area contributed by atoms with Gasteiger partial charge in [0.25, 0.3) is 11.8 Å². The number of imide groups is 1. The van der Waals surface area contributed by atoms with Crippen molar-refractivity contribution in [1.82, 2.24) is 67.0 Å². The molecular weight excluding hydrogens is 1150 g/mol. The number of aliphatic hydroxyl groups is 3. The lowest BCUT2D eigenvalue weighted by Crippen LogP contribution is -2.62. The van der Waals surface area contributed by atoms with Gasteiger partial charge >= 0.3 is 0 Å². The molecule has 11 amide bonds. The summed E-state index contributed by atoms with van der Waals surface area (Å²) in [5.74, 6) is -11.1. The van der Waals surface area contributed by atoms with Crippen molar-refractivity contribution in [2.24, 2.45) is 17.6 Å². The number of nitrogens with two attached hydrogens (primary N) is 1. The lowest BCUT2D eigenvalue weighted by atomic mass is 9.93. The van der Waals surface area contributed by atoms with Crippen LogP contribution in [-0.2, 0) is 89.2 Å². The van der Waals surface area contributed by atoms with E-state index in [2.05, 4.69) is 52.5 Å². The number of nitrogens with zero attached hydrogens (tertiary/aromatic N) is 5. The Morgan fingerprint density at radius 3 is 2.28 bits per heavy atom. The van der Waals surface area contributed by atoms with Gasteiger partial charge in [-0.1, -0.05) is 32.4 Å². The van der Waals surface area contributed by atoms with Crippen LogP contribution < -0.4 is 47.7 Å². The molecule has 3 aromatic rings. The Kier molecular flexibility index (Phi) is 22.5. The highest BCUT2D eigenvalue weighted by molar-refractivity contribution is 7.98. The molecule has 2 bridgehead atoms. The Balaban J connectivity index is 1.31. The quantitative estimate of drug-likeness (QED) is 0.0324. The Morgan fingerprint density at radius 2 is 1.60 bits per heavy atom. The van der Waals surface area contributed by atoms with Gasteiger partial charge in [0.2, 0.25) is 58.2 Å². The van der Waals surface area contributed by atoms with Gasteiger partial charge in [0.1, 0.15) is 47.4 Å². The average molecular weight is 1230 g/mol. The first-order chi connectivity index (χ1) is 40.5. The van der Waals surface area contributed by atoms with E-state index < -0.39 is 194 Å². The molecule has 30 nitrogen and oxygen atoms in total. The number of aromatic nitrogens is 4. The van der Waals surface area contributed by atoms with Crippen LogP contribution in [-0.4, -0.2) is 208 Å². The van der Waals surface area contributed by atoms with Crippen molar-refractivity contribution < 1.29 is 77.3 Å². The topological polar surface area (TPSA) is 444 Å². The van der Waals surface area contributed by atoms with E-state index in [1.54, 1.807) is 36.9 Å². The van der Waals surface area contributed by atoms with E-state index >= 15 is 4.55 Å². The fourth-order valence-electron chi connectivity index (χ4n) is 10.2. The number of aliphatic hydroxyl groups excluding tert-OH is 3. The van der Waals surface area contributed by atoms with Gasteiger partial charge in [-0.2, -0.15) is 11.8 Å². The first-order valence-corrected chi connectivity index (χ1v) is 30.2. The predicted octanol–water partition coefficient (Wildman–Crippen LogP) is -4.50. The van der Waals surface area contributed by atoms with Crippen LogP contribution in [0.5, 0.6) is 5.75 Å². The summed E-state index contributed by atoms with van der Waals surface area (Å²) in [7, 11) is 1.44. The third-order valence-corrected chi connectivity index (χ3v) is 17.8. The van der Waals surface area contributed by atoms with E-state index in [4.69, 9.17) is 10.5 Å². The number of carbonyl (C=O) groups excluding carboxylic acids is 11. The van der Waals surface area contributed by atoms with E-state index in [0.717, 1.165) is 9.80 Å². The molecule has 1 aromatic carbocycles. The van der Waals surface area contributed by atoms with Crippen molar-refractivity contribution in [1.29, 1.82) is 0 Å². The first kappa shape index (κ1) is 64.9. The van der Waals surface area contributed by atoms with Crippen molar-refractivity contribution in [3.8, 4) is 5.75 Å². The van der Waals surface area contributed by atoms with E-state index in [1.807, 2.05) is 0 Å².